The first kappa shape index (κ1) is 22.4. The second-order valence-electron chi connectivity index (χ2n) is 5.39. The van der Waals surface area contributed by atoms with Crippen molar-refractivity contribution >= 4 is 11.8 Å². The predicted molar refractivity (Wildman–Crippen MR) is 88.4 cm³/mol. The lowest BCUT2D eigenvalue weighted by atomic mass is 10.0. The highest BCUT2D eigenvalue weighted by atomic mass is 16.4. The van der Waals surface area contributed by atoms with Crippen LogP contribution in [0.2, 0.25) is 0 Å². The van der Waals surface area contributed by atoms with Gasteiger partial charge in [-0.3, -0.25) is 9.59 Å². The number of unbranched alkanes of at least 4 members (excludes halogenated alkanes) is 10. The third-order valence-electron chi connectivity index (χ3n) is 3.41. The van der Waals surface area contributed by atoms with E-state index < -0.39 is 5.97 Å². The minimum Gasteiger partial charge on any atom is -0.481 e. The van der Waals surface area contributed by atoms with Gasteiger partial charge in [0.1, 0.15) is 12.2 Å². The number of aliphatic carboxylic acids is 1. The van der Waals surface area contributed by atoms with Gasteiger partial charge in [0.15, 0.2) is 0 Å². The first-order valence-electron chi connectivity index (χ1n) is 8.48. The molecule has 0 rings (SSSR count). The second kappa shape index (κ2) is 19.1. The van der Waals surface area contributed by atoms with E-state index in [-0.39, 0.29) is 12.2 Å². The molecule has 0 saturated carbocycles. The molecule has 0 spiro atoms. The van der Waals surface area contributed by atoms with Gasteiger partial charge in [-0.05, 0) is 13.5 Å². The highest BCUT2D eigenvalue weighted by Crippen LogP contribution is 2.12. The molecule has 0 bridgehead atoms. The number of Topliss-reactive ketones (excluding diaryl/α,β-unsaturated/α-hetero) is 1. The number of carboxylic acids is 1. The number of hydrogen-bond acceptors (Lipinski definition) is 3. The summed E-state index contributed by atoms with van der Waals surface area (Å²) in [6.45, 7) is 2.24. The standard InChI is InChI=1S/C16H30O3.CH5N/c1-2-3-4-5-6-7-8-9-10-11-12-13-15(17)14-16(18)19;1-2/h2-14H2,1H3,(H,18,19);2H2,1H3. The van der Waals surface area contributed by atoms with E-state index in [0.29, 0.717) is 6.42 Å². The lowest BCUT2D eigenvalue weighted by Gasteiger charge is -2.02. The van der Waals surface area contributed by atoms with Gasteiger partial charge in [-0.2, -0.15) is 0 Å². The molecule has 0 fully saturated rings. The van der Waals surface area contributed by atoms with Crippen molar-refractivity contribution in [2.24, 2.45) is 5.73 Å². The average Bonchev–Trinajstić information content (AvgIpc) is 2.46. The molecule has 0 radical (unpaired) electrons. The summed E-state index contributed by atoms with van der Waals surface area (Å²) in [4.78, 5) is 21.4. The van der Waals surface area contributed by atoms with Crippen LogP contribution < -0.4 is 5.73 Å². The molecular formula is C17H35NO3. The third-order valence-corrected chi connectivity index (χ3v) is 3.41. The molecule has 0 saturated heterocycles. The molecular weight excluding hydrogens is 266 g/mol. The molecule has 0 amide bonds. The maximum absolute atomic E-state index is 11.1. The summed E-state index contributed by atoms with van der Waals surface area (Å²) in [5, 5.41) is 8.44. The fourth-order valence-corrected chi connectivity index (χ4v) is 2.24. The van der Waals surface area contributed by atoms with Gasteiger partial charge in [0.05, 0.1) is 0 Å². The Labute approximate surface area is 130 Å². The normalized spacial score (nSPS) is 9.86. The molecule has 0 aliphatic heterocycles. The van der Waals surface area contributed by atoms with Crippen LogP contribution in [0.3, 0.4) is 0 Å². The van der Waals surface area contributed by atoms with Gasteiger partial charge in [0.2, 0.25) is 0 Å². The summed E-state index contributed by atoms with van der Waals surface area (Å²) in [5.74, 6) is -1.14. The van der Waals surface area contributed by atoms with Gasteiger partial charge in [-0.15, -0.1) is 0 Å². The predicted octanol–water partition coefficient (Wildman–Crippen LogP) is 4.31. The van der Waals surface area contributed by atoms with Crippen molar-refractivity contribution in [3.05, 3.63) is 0 Å². The minimum atomic E-state index is -1.01. The molecule has 0 aromatic carbocycles. The monoisotopic (exact) mass is 301 g/mol. The molecule has 4 nitrogen and oxygen atoms in total. The van der Waals surface area contributed by atoms with Crippen molar-refractivity contribution in [3.8, 4) is 0 Å². The zero-order chi connectivity index (χ0) is 16.3. The number of carbonyl (C=O) groups is 2. The van der Waals surface area contributed by atoms with Crippen LogP contribution in [0.15, 0.2) is 0 Å². The Bertz CT molecular complexity index is 242. The molecule has 0 aliphatic rings. The Hall–Kier alpha value is -0.900. The fraction of sp³-hybridized carbons (Fsp3) is 0.882. The summed E-state index contributed by atoms with van der Waals surface area (Å²) in [7, 11) is 1.50. The molecule has 4 heteroatoms. The van der Waals surface area contributed by atoms with Crippen LogP contribution in [0.4, 0.5) is 0 Å². The van der Waals surface area contributed by atoms with Crippen molar-refractivity contribution in [2.45, 2.75) is 90.4 Å². The van der Waals surface area contributed by atoms with Gasteiger partial charge in [0.25, 0.3) is 0 Å². The second-order valence-corrected chi connectivity index (χ2v) is 5.39. The highest BCUT2D eigenvalue weighted by molar-refractivity contribution is 5.94. The van der Waals surface area contributed by atoms with Crippen LogP contribution in [-0.2, 0) is 9.59 Å². The van der Waals surface area contributed by atoms with E-state index in [1.807, 2.05) is 0 Å². The Kier molecular flexibility index (Phi) is 20.4. The van der Waals surface area contributed by atoms with Crippen LogP contribution in [0.5, 0.6) is 0 Å². The number of rotatable bonds is 14. The van der Waals surface area contributed by atoms with Crippen LogP contribution in [0, 0.1) is 0 Å². The van der Waals surface area contributed by atoms with Crippen molar-refractivity contribution in [1.29, 1.82) is 0 Å². The first-order valence-corrected chi connectivity index (χ1v) is 8.48. The first-order chi connectivity index (χ1) is 10.2. The van der Waals surface area contributed by atoms with E-state index in [1.165, 1.54) is 64.8 Å². The van der Waals surface area contributed by atoms with E-state index in [2.05, 4.69) is 12.7 Å². The van der Waals surface area contributed by atoms with Crippen molar-refractivity contribution in [3.63, 3.8) is 0 Å². The van der Waals surface area contributed by atoms with Gasteiger partial charge in [0, 0.05) is 6.42 Å². The minimum absolute atomic E-state index is 0.136. The number of hydrogen-bond donors (Lipinski definition) is 2. The molecule has 0 aromatic heterocycles. The zero-order valence-electron chi connectivity index (χ0n) is 14.0. The lowest BCUT2D eigenvalue weighted by Crippen LogP contribution is -2.05. The van der Waals surface area contributed by atoms with Crippen molar-refractivity contribution in [2.75, 3.05) is 7.05 Å². The molecule has 126 valence electrons. The summed E-state index contributed by atoms with van der Waals surface area (Å²) in [6.07, 6.45) is 13.9. The number of carbonyl (C=O) groups excluding carboxylic acids is 1. The van der Waals surface area contributed by atoms with Gasteiger partial charge < -0.3 is 10.8 Å². The smallest absolute Gasteiger partial charge is 0.310 e. The topological polar surface area (TPSA) is 80.4 Å². The molecule has 0 heterocycles. The summed E-state index contributed by atoms with van der Waals surface area (Å²) in [5.41, 5.74) is 4.50. The lowest BCUT2D eigenvalue weighted by molar-refractivity contribution is -0.140. The number of ketones is 1. The molecule has 0 atom stereocenters. The van der Waals surface area contributed by atoms with Gasteiger partial charge in [-0.1, -0.05) is 71.1 Å². The third kappa shape index (κ3) is 21.5. The van der Waals surface area contributed by atoms with Crippen LogP contribution in [0.25, 0.3) is 0 Å². The van der Waals surface area contributed by atoms with Gasteiger partial charge >= 0.3 is 5.97 Å². The summed E-state index contributed by atoms with van der Waals surface area (Å²) >= 11 is 0. The Morgan fingerprint density at radius 2 is 1.14 bits per heavy atom. The van der Waals surface area contributed by atoms with E-state index in [9.17, 15) is 9.59 Å². The summed E-state index contributed by atoms with van der Waals surface area (Å²) < 4.78 is 0. The van der Waals surface area contributed by atoms with E-state index >= 15 is 0 Å². The molecule has 0 aromatic rings. The summed E-state index contributed by atoms with van der Waals surface area (Å²) in [6, 6.07) is 0. The Morgan fingerprint density at radius 3 is 1.52 bits per heavy atom. The maximum atomic E-state index is 11.1. The maximum Gasteiger partial charge on any atom is 0.310 e. The molecule has 21 heavy (non-hydrogen) atoms. The van der Waals surface area contributed by atoms with E-state index in [1.54, 1.807) is 0 Å². The highest BCUT2D eigenvalue weighted by Gasteiger charge is 2.06. The van der Waals surface area contributed by atoms with Crippen LogP contribution >= 0.6 is 0 Å². The Morgan fingerprint density at radius 1 is 0.762 bits per heavy atom. The fourth-order valence-electron chi connectivity index (χ4n) is 2.24. The van der Waals surface area contributed by atoms with Crippen molar-refractivity contribution < 1.29 is 14.7 Å². The zero-order valence-corrected chi connectivity index (χ0v) is 14.0. The van der Waals surface area contributed by atoms with E-state index in [4.69, 9.17) is 5.11 Å². The number of nitrogens with two attached hydrogens (primary N) is 1. The average molecular weight is 301 g/mol. The largest absolute Gasteiger partial charge is 0.481 e. The molecule has 3 N–H and O–H groups in total. The van der Waals surface area contributed by atoms with E-state index in [0.717, 1.165) is 12.8 Å². The quantitative estimate of drug-likeness (QED) is 0.370. The van der Waals surface area contributed by atoms with Crippen LogP contribution in [0.1, 0.15) is 90.4 Å². The molecule has 0 aliphatic carbocycles. The van der Waals surface area contributed by atoms with Crippen molar-refractivity contribution in [1.82, 2.24) is 0 Å². The SMILES string of the molecule is CCCCCCCCCCCCCC(=O)CC(=O)O.CN. The van der Waals surface area contributed by atoms with Gasteiger partial charge in [-0.25, -0.2) is 0 Å². The molecule has 0 unspecified atom stereocenters. The Balaban J connectivity index is 0. The van der Waals surface area contributed by atoms with Crippen LogP contribution in [-0.4, -0.2) is 23.9 Å². The number of carboxylic acid groups (broad SMARTS) is 1.